The zero-order valence-corrected chi connectivity index (χ0v) is 13.2. The number of halogens is 2. The molecule has 0 unspecified atom stereocenters. The van der Waals surface area contributed by atoms with E-state index in [2.05, 4.69) is 15.9 Å². The van der Waals surface area contributed by atoms with Crippen molar-refractivity contribution in [3.63, 3.8) is 0 Å². The maximum Gasteiger partial charge on any atom is 0.337 e. The Morgan fingerprint density at radius 1 is 1.47 bits per heavy atom. The van der Waals surface area contributed by atoms with E-state index in [4.69, 9.17) is 11.6 Å². The second-order valence-corrected chi connectivity index (χ2v) is 6.40. The SMILES string of the molecule is CN(Cc1cc(Br)cs1)c1ccc(Cl)cc1C(=O)O. The van der Waals surface area contributed by atoms with E-state index in [-0.39, 0.29) is 5.56 Å². The normalized spacial score (nSPS) is 10.5. The first-order valence-corrected chi connectivity index (χ1v) is 7.49. The average Bonchev–Trinajstić information content (AvgIpc) is 2.74. The van der Waals surface area contributed by atoms with Crippen LogP contribution in [0.25, 0.3) is 0 Å². The molecule has 19 heavy (non-hydrogen) atoms. The van der Waals surface area contributed by atoms with Crippen molar-refractivity contribution >= 4 is 50.5 Å². The summed E-state index contributed by atoms with van der Waals surface area (Å²) in [5, 5.41) is 11.6. The molecule has 0 radical (unpaired) electrons. The zero-order chi connectivity index (χ0) is 14.0. The molecule has 0 atom stereocenters. The summed E-state index contributed by atoms with van der Waals surface area (Å²) in [4.78, 5) is 14.3. The summed E-state index contributed by atoms with van der Waals surface area (Å²) in [6, 6.07) is 6.93. The Hall–Kier alpha value is -1.04. The van der Waals surface area contributed by atoms with E-state index in [1.54, 1.807) is 23.5 Å². The number of rotatable bonds is 4. The van der Waals surface area contributed by atoms with Gasteiger partial charge in [0, 0.05) is 26.8 Å². The van der Waals surface area contributed by atoms with Crippen LogP contribution in [0.1, 0.15) is 15.2 Å². The lowest BCUT2D eigenvalue weighted by Gasteiger charge is -2.20. The summed E-state index contributed by atoms with van der Waals surface area (Å²) in [6.07, 6.45) is 0. The van der Waals surface area contributed by atoms with Gasteiger partial charge < -0.3 is 10.0 Å². The number of hydrogen-bond donors (Lipinski definition) is 1. The zero-order valence-electron chi connectivity index (χ0n) is 10.1. The molecule has 1 N–H and O–H groups in total. The molecule has 2 aromatic rings. The van der Waals surface area contributed by atoms with Gasteiger partial charge in [0.2, 0.25) is 0 Å². The van der Waals surface area contributed by atoms with Crippen molar-refractivity contribution in [2.24, 2.45) is 0 Å². The van der Waals surface area contributed by atoms with Crippen molar-refractivity contribution in [1.29, 1.82) is 0 Å². The van der Waals surface area contributed by atoms with Crippen LogP contribution in [0.3, 0.4) is 0 Å². The standard InChI is InChI=1S/C13H11BrClNO2S/c1-16(6-10-4-8(14)7-19-10)12-3-2-9(15)5-11(12)13(17)18/h2-5,7H,6H2,1H3,(H,17,18). The van der Waals surface area contributed by atoms with Gasteiger partial charge >= 0.3 is 5.97 Å². The first-order valence-electron chi connectivity index (χ1n) is 5.44. The van der Waals surface area contributed by atoms with Gasteiger partial charge in [-0.3, -0.25) is 0 Å². The fourth-order valence-corrected chi connectivity index (χ4v) is 3.44. The second kappa shape index (κ2) is 5.94. The van der Waals surface area contributed by atoms with Crippen LogP contribution in [-0.2, 0) is 6.54 Å². The monoisotopic (exact) mass is 359 g/mol. The van der Waals surface area contributed by atoms with Crippen LogP contribution in [0.4, 0.5) is 5.69 Å². The van der Waals surface area contributed by atoms with E-state index >= 15 is 0 Å². The fourth-order valence-electron chi connectivity index (χ4n) is 1.77. The van der Waals surface area contributed by atoms with Gasteiger partial charge in [-0.15, -0.1) is 11.3 Å². The summed E-state index contributed by atoms with van der Waals surface area (Å²) < 4.78 is 1.04. The van der Waals surface area contributed by atoms with E-state index in [0.717, 1.165) is 9.35 Å². The van der Waals surface area contributed by atoms with Crippen molar-refractivity contribution in [2.75, 3.05) is 11.9 Å². The van der Waals surface area contributed by atoms with Gasteiger partial charge in [-0.2, -0.15) is 0 Å². The highest BCUT2D eigenvalue weighted by Crippen LogP contribution is 2.27. The summed E-state index contributed by atoms with van der Waals surface area (Å²) in [5.41, 5.74) is 0.868. The minimum Gasteiger partial charge on any atom is -0.478 e. The van der Waals surface area contributed by atoms with Gasteiger partial charge in [-0.1, -0.05) is 11.6 Å². The highest BCUT2D eigenvalue weighted by molar-refractivity contribution is 9.10. The Labute approximate surface area is 128 Å². The molecule has 0 saturated carbocycles. The summed E-state index contributed by atoms with van der Waals surface area (Å²) in [6.45, 7) is 0.651. The Morgan fingerprint density at radius 3 is 2.79 bits per heavy atom. The Morgan fingerprint density at radius 2 is 2.21 bits per heavy atom. The first-order chi connectivity index (χ1) is 8.97. The van der Waals surface area contributed by atoms with Crippen LogP contribution in [-0.4, -0.2) is 18.1 Å². The largest absolute Gasteiger partial charge is 0.478 e. The van der Waals surface area contributed by atoms with Gasteiger partial charge in [-0.25, -0.2) is 4.79 Å². The topological polar surface area (TPSA) is 40.5 Å². The summed E-state index contributed by atoms with van der Waals surface area (Å²) >= 11 is 10.9. The Kier molecular flexibility index (Phi) is 4.50. The van der Waals surface area contributed by atoms with Crippen LogP contribution in [0.5, 0.6) is 0 Å². The molecule has 6 heteroatoms. The van der Waals surface area contributed by atoms with E-state index < -0.39 is 5.97 Å². The first kappa shape index (κ1) is 14.4. The third-order valence-corrected chi connectivity index (χ3v) is 4.53. The number of hydrogen-bond acceptors (Lipinski definition) is 3. The van der Waals surface area contributed by atoms with E-state index in [1.165, 1.54) is 6.07 Å². The van der Waals surface area contributed by atoms with Crippen LogP contribution in [0.2, 0.25) is 5.02 Å². The molecule has 100 valence electrons. The predicted octanol–water partition coefficient (Wildman–Crippen LogP) is 4.50. The number of benzene rings is 1. The van der Waals surface area contributed by atoms with Crippen LogP contribution < -0.4 is 4.90 Å². The Balaban J connectivity index is 2.28. The minimum atomic E-state index is -0.975. The smallest absolute Gasteiger partial charge is 0.337 e. The lowest BCUT2D eigenvalue weighted by Crippen LogP contribution is -2.18. The van der Waals surface area contributed by atoms with E-state index in [1.807, 2.05) is 23.4 Å². The van der Waals surface area contributed by atoms with Crippen molar-refractivity contribution in [1.82, 2.24) is 0 Å². The van der Waals surface area contributed by atoms with E-state index in [0.29, 0.717) is 17.3 Å². The highest BCUT2D eigenvalue weighted by atomic mass is 79.9. The van der Waals surface area contributed by atoms with Crippen molar-refractivity contribution in [2.45, 2.75) is 6.54 Å². The van der Waals surface area contributed by atoms with Crippen LogP contribution in [0, 0.1) is 0 Å². The second-order valence-electron chi connectivity index (χ2n) is 4.05. The van der Waals surface area contributed by atoms with Gasteiger partial charge in [0.1, 0.15) is 0 Å². The minimum absolute atomic E-state index is 0.214. The number of carbonyl (C=O) groups is 1. The molecule has 2 rings (SSSR count). The molecule has 1 aromatic carbocycles. The molecule has 1 heterocycles. The van der Waals surface area contributed by atoms with Gasteiger partial charge in [0.25, 0.3) is 0 Å². The summed E-state index contributed by atoms with van der Waals surface area (Å²) in [7, 11) is 1.86. The molecule has 1 aromatic heterocycles. The maximum atomic E-state index is 11.2. The van der Waals surface area contributed by atoms with Crippen molar-refractivity contribution in [3.8, 4) is 0 Å². The molecule has 0 fully saturated rings. The molecule has 0 saturated heterocycles. The number of anilines is 1. The molecule has 0 aliphatic carbocycles. The molecule has 3 nitrogen and oxygen atoms in total. The van der Waals surface area contributed by atoms with Crippen molar-refractivity contribution < 1.29 is 9.90 Å². The van der Waals surface area contributed by atoms with Gasteiger partial charge in [-0.05, 0) is 40.2 Å². The third-order valence-electron chi connectivity index (χ3n) is 2.62. The third kappa shape index (κ3) is 3.49. The number of carboxylic acid groups (broad SMARTS) is 1. The van der Waals surface area contributed by atoms with Crippen LogP contribution >= 0.6 is 38.9 Å². The fraction of sp³-hybridized carbons (Fsp3) is 0.154. The molecule has 0 aliphatic heterocycles. The molecular weight excluding hydrogens is 350 g/mol. The number of carboxylic acids is 1. The lowest BCUT2D eigenvalue weighted by atomic mass is 10.1. The number of thiophene rings is 1. The molecule has 0 bridgehead atoms. The quantitative estimate of drug-likeness (QED) is 0.873. The Bertz CT molecular complexity index is 614. The highest BCUT2D eigenvalue weighted by Gasteiger charge is 2.14. The van der Waals surface area contributed by atoms with Crippen LogP contribution in [0.15, 0.2) is 34.1 Å². The summed E-state index contributed by atoms with van der Waals surface area (Å²) in [5.74, 6) is -0.975. The predicted molar refractivity (Wildman–Crippen MR) is 82.5 cm³/mol. The number of nitrogens with zero attached hydrogens (tertiary/aromatic N) is 1. The molecule has 0 aliphatic rings. The van der Waals surface area contributed by atoms with Gasteiger partial charge in [0.15, 0.2) is 0 Å². The lowest BCUT2D eigenvalue weighted by molar-refractivity contribution is 0.0697. The van der Waals surface area contributed by atoms with E-state index in [9.17, 15) is 9.90 Å². The number of aromatic carboxylic acids is 1. The molecule has 0 amide bonds. The molecule has 0 spiro atoms. The maximum absolute atomic E-state index is 11.2. The van der Waals surface area contributed by atoms with Crippen molar-refractivity contribution in [3.05, 3.63) is 49.6 Å². The average molecular weight is 361 g/mol. The molecular formula is C13H11BrClNO2S. The van der Waals surface area contributed by atoms with Gasteiger partial charge in [0.05, 0.1) is 17.8 Å².